The van der Waals surface area contributed by atoms with E-state index in [9.17, 15) is 9.90 Å². The van der Waals surface area contributed by atoms with E-state index in [-0.39, 0.29) is 11.8 Å². The van der Waals surface area contributed by atoms with Crippen molar-refractivity contribution >= 4 is 22.5 Å². The third kappa shape index (κ3) is 3.64. The SMILES string of the molecule is COc1ccc(CNC(=O)Nc2cccc3c(O)cccc23)cc1OC. The Morgan fingerprint density at radius 1 is 0.962 bits per heavy atom. The molecule has 0 unspecified atom stereocenters. The summed E-state index contributed by atoms with van der Waals surface area (Å²) in [5.41, 5.74) is 1.51. The van der Waals surface area contributed by atoms with Crippen molar-refractivity contribution in [3.63, 3.8) is 0 Å². The molecule has 0 bridgehead atoms. The first-order valence-corrected chi connectivity index (χ1v) is 8.09. The van der Waals surface area contributed by atoms with Crippen LogP contribution in [0.3, 0.4) is 0 Å². The highest BCUT2D eigenvalue weighted by Gasteiger charge is 2.09. The zero-order chi connectivity index (χ0) is 18.5. The minimum absolute atomic E-state index is 0.178. The Morgan fingerprint density at radius 3 is 2.46 bits per heavy atom. The molecule has 26 heavy (non-hydrogen) atoms. The molecule has 0 aliphatic carbocycles. The molecular weight excluding hydrogens is 332 g/mol. The Kier molecular flexibility index (Phi) is 5.12. The lowest BCUT2D eigenvalue weighted by molar-refractivity contribution is 0.251. The van der Waals surface area contributed by atoms with E-state index in [4.69, 9.17) is 9.47 Å². The average Bonchev–Trinajstić information content (AvgIpc) is 2.67. The molecule has 2 amide bonds. The molecule has 0 spiro atoms. The highest BCUT2D eigenvalue weighted by molar-refractivity contribution is 6.03. The van der Waals surface area contributed by atoms with E-state index in [0.29, 0.717) is 29.1 Å². The van der Waals surface area contributed by atoms with Crippen LogP contribution in [0, 0.1) is 0 Å². The number of carbonyl (C=O) groups excluding carboxylic acids is 1. The number of fused-ring (bicyclic) bond motifs is 1. The molecule has 0 aliphatic heterocycles. The molecule has 0 saturated carbocycles. The fraction of sp³-hybridized carbons (Fsp3) is 0.150. The van der Waals surface area contributed by atoms with Gasteiger partial charge < -0.3 is 25.2 Å². The van der Waals surface area contributed by atoms with Crippen LogP contribution in [0.1, 0.15) is 5.56 Å². The van der Waals surface area contributed by atoms with E-state index in [2.05, 4.69) is 10.6 Å². The van der Waals surface area contributed by atoms with E-state index in [1.165, 1.54) is 0 Å². The van der Waals surface area contributed by atoms with E-state index in [1.54, 1.807) is 50.6 Å². The van der Waals surface area contributed by atoms with E-state index in [0.717, 1.165) is 10.9 Å². The number of hydrogen-bond acceptors (Lipinski definition) is 4. The van der Waals surface area contributed by atoms with Crippen LogP contribution >= 0.6 is 0 Å². The Balaban J connectivity index is 1.69. The monoisotopic (exact) mass is 352 g/mol. The van der Waals surface area contributed by atoms with Gasteiger partial charge in [0.1, 0.15) is 5.75 Å². The van der Waals surface area contributed by atoms with E-state index >= 15 is 0 Å². The molecular formula is C20H20N2O4. The van der Waals surface area contributed by atoms with Gasteiger partial charge in [-0.05, 0) is 29.8 Å². The summed E-state index contributed by atoms with van der Waals surface area (Å²) < 4.78 is 10.5. The second kappa shape index (κ2) is 7.65. The van der Waals surface area contributed by atoms with Crippen LogP contribution in [-0.4, -0.2) is 25.4 Å². The quantitative estimate of drug-likeness (QED) is 0.651. The van der Waals surface area contributed by atoms with Crippen LogP contribution in [0.2, 0.25) is 0 Å². The number of amides is 2. The highest BCUT2D eigenvalue weighted by atomic mass is 16.5. The number of phenols is 1. The van der Waals surface area contributed by atoms with Crippen molar-refractivity contribution in [2.75, 3.05) is 19.5 Å². The number of benzene rings is 3. The molecule has 3 aromatic rings. The number of hydrogen-bond donors (Lipinski definition) is 3. The minimum Gasteiger partial charge on any atom is -0.507 e. The summed E-state index contributed by atoms with van der Waals surface area (Å²) in [6, 6.07) is 15.7. The smallest absolute Gasteiger partial charge is 0.319 e. The summed E-state index contributed by atoms with van der Waals surface area (Å²) in [5, 5.41) is 17.0. The van der Waals surface area contributed by atoms with Gasteiger partial charge in [-0.25, -0.2) is 4.79 Å². The van der Waals surface area contributed by atoms with Gasteiger partial charge in [0, 0.05) is 17.3 Å². The molecule has 0 radical (unpaired) electrons. The maximum atomic E-state index is 12.3. The average molecular weight is 352 g/mol. The van der Waals surface area contributed by atoms with Gasteiger partial charge in [-0.1, -0.05) is 30.3 Å². The van der Waals surface area contributed by atoms with E-state index in [1.807, 2.05) is 18.2 Å². The number of ether oxygens (including phenoxy) is 2. The van der Waals surface area contributed by atoms with Crippen molar-refractivity contribution in [1.82, 2.24) is 5.32 Å². The fourth-order valence-corrected chi connectivity index (χ4v) is 2.74. The van der Waals surface area contributed by atoms with Crippen molar-refractivity contribution in [1.29, 1.82) is 0 Å². The van der Waals surface area contributed by atoms with Crippen LogP contribution in [0.15, 0.2) is 54.6 Å². The molecule has 6 nitrogen and oxygen atoms in total. The maximum Gasteiger partial charge on any atom is 0.319 e. The highest BCUT2D eigenvalue weighted by Crippen LogP contribution is 2.30. The normalized spacial score (nSPS) is 10.4. The van der Waals surface area contributed by atoms with Crippen molar-refractivity contribution < 1.29 is 19.4 Å². The lowest BCUT2D eigenvalue weighted by Crippen LogP contribution is -2.28. The maximum absolute atomic E-state index is 12.3. The Morgan fingerprint density at radius 2 is 1.69 bits per heavy atom. The summed E-state index contributed by atoms with van der Waals surface area (Å²) in [7, 11) is 3.14. The Hall–Kier alpha value is -3.41. The van der Waals surface area contributed by atoms with Crippen molar-refractivity contribution in [3.05, 3.63) is 60.2 Å². The van der Waals surface area contributed by atoms with Gasteiger partial charge in [-0.15, -0.1) is 0 Å². The van der Waals surface area contributed by atoms with Gasteiger partial charge >= 0.3 is 6.03 Å². The summed E-state index contributed by atoms with van der Waals surface area (Å²) in [4.78, 5) is 12.3. The van der Waals surface area contributed by atoms with Gasteiger partial charge in [0.2, 0.25) is 0 Å². The lowest BCUT2D eigenvalue weighted by atomic mass is 10.1. The largest absolute Gasteiger partial charge is 0.507 e. The summed E-state index contributed by atoms with van der Waals surface area (Å²) in [6.07, 6.45) is 0. The van der Waals surface area contributed by atoms with Gasteiger partial charge in [0.25, 0.3) is 0 Å². The molecule has 0 atom stereocenters. The number of urea groups is 1. The number of rotatable bonds is 5. The summed E-state index contributed by atoms with van der Waals surface area (Å²) in [5.74, 6) is 1.42. The van der Waals surface area contributed by atoms with Gasteiger partial charge in [-0.2, -0.15) is 0 Å². The van der Waals surface area contributed by atoms with Crippen molar-refractivity contribution in [3.8, 4) is 17.2 Å². The standard InChI is InChI=1S/C20H20N2O4/c1-25-18-10-9-13(11-19(18)26-2)12-21-20(24)22-16-7-3-6-15-14(16)5-4-8-17(15)23/h3-11,23H,12H2,1-2H3,(H2,21,22,24). The third-order valence-corrected chi connectivity index (χ3v) is 4.05. The van der Waals surface area contributed by atoms with Gasteiger partial charge in [0.15, 0.2) is 11.5 Å². The first-order chi connectivity index (χ1) is 12.6. The molecule has 0 heterocycles. The number of anilines is 1. The van der Waals surface area contributed by atoms with Gasteiger partial charge in [0.05, 0.1) is 19.9 Å². The van der Waals surface area contributed by atoms with Crippen LogP contribution in [0.5, 0.6) is 17.2 Å². The summed E-state index contributed by atoms with van der Waals surface area (Å²) >= 11 is 0. The third-order valence-electron chi connectivity index (χ3n) is 4.05. The van der Waals surface area contributed by atoms with Gasteiger partial charge in [-0.3, -0.25) is 0 Å². The van der Waals surface area contributed by atoms with Crippen LogP contribution < -0.4 is 20.1 Å². The Labute approximate surface area is 151 Å². The zero-order valence-electron chi connectivity index (χ0n) is 14.6. The predicted molar refractivity (Wildman–Crippen MR) is 101 cm³/mol. The molecule has 3 N–H and O–H groups in total. The number of aromatic hydroxyl groups is 1. The Bertz CT molecular complexity index is 940. The van der Waals surface area contributed by atoms with E-state index < -0.39 is 0 Å². The molecule has 6 heteroatoms. The molecule has 0 aromatic heterocycles. The number of phenolic OH excluding ortho intramolecular Hbond substituents is 1. The second-order valence-electron chi connectivity index (χ2n) is 5.67. The first kappa shape index (κ1) is 17.4. The predicted octanol–water partition coefficient (Wildman–Crippen LogP) is 3.88. The molecule has 3 rings (SSSR count). The molecule has 0 saturated heterocycles. The summed E-state index contributed by atoms with van der Waals surface area (Å²) in [6.45, 7) is 0.336. The molecule has 134 valence electrons. The van der Waals surface area contributed by atoms with Crippen molar-refractivity contribution in [2.24, 2.45) is 0 Å². The number of nitrogens with one attached hydrogen (secondary N) is 2. The molecule has 3 aromatic carbocycles. The lowest BCUT2D eigenvalue weighted by Gasteiger charge is -2.12. The topological polar surface area (TPSA) is 79.8 Å². The van der Waals surface area contributed by atoms with Crippen LogP contribution in [0.25, 0.3) is 10.8 Å². The first-order valence-electron chi connectivity index (χ1n) is 8.09. The second-order valence-corrected chi connectivity index (χ2v) is 5.67. The minimum atomic E-state index is -0.337. The van der Waals surface area contributed by atoms with Crippen molar-refractivity contribution in [2.45, 2.75) is 6.54 Å². The zero-order valence-corrected chi connectivity index (χ0v) is 14.6. The molecule has 0 fully saturated rings. The number of methoxy groups -OCH3 is 2. The van der Waals surface area contributed by atoms with Crippen LogP contribution in [0.4, 0.5) is 10.5 Å². The van der Waals surface area contributed by atoms with Crippen LogP contribution in [-0.2, 0) is 6.54 Å². The number of carbonyl (C=O) groups is 1. The molecule has 0 aliphatic rings. The fourth-order valence-electron chi connectivity index (χ4n) is 2.74.